The molecule has 0 bridgehead atoms. The van der Waals surface area contributed by atoms with E-state index in [0.717, 1.165) is 47.5 Å². The van der Waals surface area contributed by atoms with Crippen LogP contribution in [-0.4, -0.2) is 16.1 Å². The van der Waals surface area contributed by atoms with Gasteiger partial charge < -0.3 is 5.11 Å². The Morgan fingerprint density at radius 1 is 1.30 bits per heavy atom. The number of rotatable bonds is 2. The van der Waals surface area contributed by atoms with Gasteiger partial charge in [0, 0.05) is 17.2 Å². The van der Waals surface area contributed by atoms with Crippen LogP contribution in [0.25, 0.3) is 17.0 Å². The van der Waals surface area contributed by atoms with Crippen LogP contribution in [0, 0.1) is 0 Å². The minimum Gasteiger partial charge on any atom is -0.478 e. The highest BCUT2D eigenvalue weighted by atomic mass is 35.5. The van der Waals surface area contributed by atoms with Gasteiger partial charge in [0.1, 0.15) is 0 Å². The van der Waals surface area contributed by atoms with Crippen molar-refractivity contribution in [2.45, 2.75) is 19.3 Å². The first-order valence-corrected chi connectivity index (χ1v) is 7.04. The number of halogens is 2. The summed E-state index contributed by atoms with van der Waals surface area (Å²) in [5, 5.41) is 10.6. The molecule has 0 aliphatic heterocycles. The molecule has 0 unspecified atom stereocenters. The van der Waals surface area contributed by atoms with Gasteiger partial charge in [-0.25, -0.2) is 4.79 Å². The van der Waals surface area contributed by atoms with Crippen molar-refractivity contribution in [3.05, 3.63) is 45.1 Å². The van der Waals surface area contributed by atoms with Gasteiger partial charge in [0.15, 0.2) is 0 Å². The first-order chi connectivity index (χ1) is 9.58. The van der Waals surface area contributed by atoms with Gasteiger partial charge in [0.05, 0.1) is 15.6 Å². The van der Waals surface area contributed by atoms with Crippen LogP contribution >= 0.6 is 23.2 Å². The molecule has 0 amide bonds. The molecule has 0 atom stereocenters. The van der Waals surface area contributed by atoms with Gasteiger partial charge in [0.25, 0.3) is 0 Å². The molecule has 102 valence electrons. The van der Waals surface area contributed by atoms with Crippen LogP contribution in [0.4, 0.5) is 0 Å². The Balaban J connectivity index is 2.35. The van der Waals surface area contributed by atoms with Gasteiger partial charge in [-0.05, 0) is 42.5 Å². The zero-order valence-electron chi connectivity index (χ0n) is 10.5. The molecular weight excluding hydrogens is 297 g/mol. The molecule has 0 saturated heterocycles. The number of aryl methyl sites for hydroxylation is 1. The van der Waals surface area contributed by atoms with E-state index in [2.05, 4.69) is 4.98 Å². The van der Waals surface area contributed by atoms with Crippen LogP contribution in [0.15, 0.2) is 18.2 Å². The van der Waals surface area contributed by atoms with E-state index in [1.165, 1.54) is 0 Å². The second kappa shape index (κ2) is 5.08. The quantitative estimate of drug-likeness (QED) is 0.849. The van der Waals surface area contributed by atoms with Gasteiger partial charge >= 0.3 is 5.97 Å². The Morgan fingerprint density at radius 3 is 2.85 bits per heavy atom. The Labute approximate surface area is 125 Å². The molecule has 1 heterocycles. The van der Waals surface area contributed by atoms with E-state index in [4.69, 9.17) is 28.3 Å². The number of carboxylic acids is 1. The first kappa shape index (κ1) is 13.4. The largest absolute Gasteiger partial charge is 0.478 e. The van der Waals surface area contributed by atoms with Crippen molar-refractivity contribution in [2.75, 3.05) is 0 Å². The fourth-order valence-electron chi connectivity index (χ4n) is 2.65. The molecule has 3 nitrogen and oxygen atoms in total. The molecule has 5 heteroatoms. The predicted molar refractivity (Wildman–Crippen MR) is 80.5 cm³/mol. The molecule has 1 N–H and O–H groups in total. The lowest BCUT2D eigenvalue weighted by Crippen LogP contribution is -1.96. The number of pyridine rings is 1. The van der Waals surface area contributed by atoms with E-state index in [-0.39, 0.29) is 0 Å². The molecule has 1 aromatic heterocycles. The van der Waals surface area contributed by atoms with Crippen LogP contribution in [0.3, 0.4) is 0 Å². The fraction of sp³-hybridized carbons (Fsp3) is 0.200. The average Bonchev–Trinajstić information content (AvgIpc) is 2.87. The molecule has 0 radical (unpaired) electrons. The molecule has 1 aliphatic rings. The third kappa shape index (κ3) is 2.17. The fourth-order valence-corrected chi connectivity index (χ4v) is 3.01. The van der Waals surface area contributed by atoms with Crippen molar-refractivity contribution in [1.82, 2.24) is 4.98 Å². The number of carbonyl (C=O) groups is 1. The Kier molecular flexibility index (Phi) is 3.40. The summed E-state index contributed by atoms with van der Waals surface area (Å²) in [4.78, 5) is 15.4. The van der Waals surface area contributed by atoms with Gasteiger partial charge in [-0.2, -0.15) is 0 Å². The van der Waals surface area contributed by atoms with Gasteiger partial charge in [-0.15, -0.1) is 0 Å². The van der Waals surface area contributed by atoms with E-state index in [1.807, 2.05) is 6.07 Å². The average molecular weight is 308 g/mol. The number of aliphatic carboxylic acids is 1. The van der Waals surface area contributed by atoms with Crippen LogP contribution in [0.1, 0.15) is 23.2 Å². The van der Waals surface area contributed by atoms with Gasteiger partial charge in [-0.3, -0.25) is 4.98 Å². The van der Waals surface area contributed by atoms with E-state index >= 15 is 0 Å². The van der Waals surface area contributed by atoms with E-state index in [0.29, 0.717) is 15.6 Å². The Hall–Kier alpha value is -1.58. The second-order valence-corrected chi connectivity index (χ2v) is 5.52. The second-order valence-electron chi connectivity index (χ2n) is 4.73. The highest BCUT2D eigenvalue weighted by Gasteiger charge is 2.20. The zero-order valence-corrected chi connectivity index (χ0v) is 12.0. The lowest BCUT2D eigenvalue weighted by molar-refractivity contribution is -0.131. The molecule has 2 aromatic rings. The number of carboxylic acid groups (broad SMARTS) is 1. The smallest absolute Gasteiger partial charge is 0.328 e. The van der Waals surface area contributed by atoms with Crippen molar-refractivity contribution in [2.24, 2.45) is 0 Å². The summed E-state index contributed by atoms with van der Waals surface area (Å²) in [7, 11) is 0. The van der Waals surface area contributed by atoms with Crippen molar-refractivity contribution in [3.8, 4) is 0 Å². The lowest BCUT2D eigenvalue weighted by Gasteiger charge is -2.10. The maximum atomic E-state index is 10.8. The van der Waals surface area contributed by atoms with Crippen LogP contribution in [0.5, 0.6) is 0 Å². The van der Waals surface area contributed by atoms with Crippen LogP contribution < -0.4 is 0 Å². The summed E-state index contributed by atoms with van der Waals surface area (Å²) in [6.45, 7) is 0. The van der Waals surface area contributed by atoms with E-state index in [9.17, 15) is 4.79 Å². The standard InChI is InChI=1S/C15H11Cl2NO2/c16-11-6-4-10-8(5-7-13(19)20)9-2-1-3-12(9)18-15(10)14(11)17/h4-7H,1-3H2,(H,19,20)/b7-5+. The minimum atomic E-state index is -0.971. The van der Waals surface area contributed by atoms with Crippen molar-refractivity contribution in [1.29, 1.82) is 0 Å². The third-order valence-electron chi connectivity index (χ3n) is 3.51. The summed E-state index contributed by atoms with van der Waals surface area (Å²) in [5.74, 6) is -0.971. The predicted octanol–water partition coefficient (Wildman–Crippen LogP) is 4.13. The molecular formula is C15H11Cl2NO2. The van der Waals surface area contributed by atoms with Crippen LogP contribution in [-0.2, 0) is 17.6 Å². The highest BCUT2D eigenvalue weighted by molar-refractivity contribution is 6.45. The van der Waals surface area contributed by atoms with E-state index < -0.39 is 5.97 Å². The minimum absolute atomic E-state index is 0.420. The number of hydrogen-bond donors (Lipinski definition) is 1. The number of benzene rings is 1. The first-order valence-electron chi connectivity index (χ1n) is 6.28. The zero-order chi connectivity index (χ0) is 14.3. The summed E-state index contributed by atoms with van der Waals surface area (Å²) < 4.78 is 0. The summed E-state index contributed by atoms with van der Waals surface area (Å²) in [5.41, 5.74) is 3.65. The van der Waals surface area contributed by atoms with E-state index in [1.54, 1.807) is 12.1 Å². The monoisotopic (exact) mass is 307 g/mol. The maximum Gasteiger partial charge on any atom is 0.328 e. The van der Waals surface area contributed by atoms with Gasteiger partial charge in [-0.1, -0.05) is 29.3 Å². The summed E-state index contributed by atoms with van der Waals surface area (Å²) >= 11 is 12.3. The number of nitrogens with zero attached hydrogens (tertiary/aromatic N) is 1. The third-order valence-corrected chi connectivity index (χ3v) is 4.31. The van der Waals surface area contributed by atoms with Crippen LogP contribution in [0.2, 0.25) is 10.0 Å². The highest BCUT2D eigenvalue weighted by Crippen LogP contribution is 2.36. The molecule has 1 aromatic carbocycles. The SMILES string of the molecule is O=C(O)/C=C/c1c2c(nc3c(Cl)c(Cl)ccc13)CCC2. The molecule has 0 fully saturated rings. The molecule has 3 rings (SSSR count). The topological polar surface area (TPSA) is 50.2 Å². The number of fused-ring (bicyclic) bond motifs is 2. The number of hydrogen-bond acceptors (Lipinski definition) is 2. The molecule has 0 saturated carbocycles. The summed E-state index contributed by atoms with van der Waals surface area (Å²) in [6.07, 6.45) is 5.61. The van der Waals surface area contributed by atoms with Crippen molar-refractivity contribution >= 4 is 46.2 Å². The van der Waals surface area contributed by atoms with Crippen molar-refractivity contribution in [3.63, 3.8) is 0 Å². The summed E-state index contributed by atoms with van der Waals surface area (Å²) in [6, 6.07) is 3.56. The molecule has 1 aliphatic carbocycles. The maximum absolute atomic E-state index is 10.8. The number of aromatic nitrogens is 1. The normalized spacial score (nSPS) is 14.1. The molecule has 20 heavy (non-hydrogen) atoms. The van der Waals surface area contributed by atoms with Gasteiger partial charge in [0.2, 0.25) is 0 Å². The molecule has 0 spiro atoms. The van der Waals surface area contributed by atoms with Crippen molar-refractivity contribution < 1.29 is 9.90 Å². The Bertz CT molecular complexity index is 753. The Morgan fingerprint density at radius 2 is 2.10 bits per heavy atom. The lowest BCUT2D eigenvalue weighted by atomic mass is 10.0.